The molecule has 7 heteroatoms. The van der Waals surface area contributed by atoms with Crippen LogP contribution in [-0.4, -0.2) is 45.8 Å². The highest BCUT2D eigenvalue weighted by atomic mass is 16.5. The van der Waals surface area contributed by atoms with Crippen LogP contribution in [0, 0.1) is 0 Å². The molecule has 0 amide bonds. The van der Waals surface area contributed by atoms with Crippen LogP contribution in [0.1, 0.15) is 17.5 Å². The summed E-state index contributed by atoms with van der Waals surface area (Å²) < 4.78 is 11.2. The minimum atomic E-state index is -0.733. The first kappa shape index (κ1) is 22.7. The molecule has 164 valence electrons. The minimum Gasteiger partial charge on any atom is -0.491 e. The van der Waals surface area contributed by atoms with E-state index in [1.165, 1.54) is 0 Å². The summed E-state index contributed by atoms with van der Waals surface area (Å²) in [5.74, 6) is 1.70. The van der Waals surface area contributed by atoms with Gasteiger partial charge in [0.05, 0.1) is 6.61 Å². The molecule has 0 aliphatic heterocycles. The number of aliphatic hydroxyl groups is 3. The number of hydrogen-bond acceptors (Lipinski definition) is 7. The second kappa shape index (κ2) is 12.0. The molecule has 2 atom stereocenters. The number of nitrogens with one attached hydrogen (secondary N) is 1. The topological polar surface area (TPSA) is 104 Å². The minimum absolute atomic E-state index is 0.140. The lowest BCUT2D eigenvalue weighted by Crippen LogP contribution is -2.38. The number of rotatable bonds is 12. The number of aliphatic hydroxyl groups excluding tert-OH is 3. The molecule has 7 nitrogen and oxygen atoms in total. The lowest BCUT2D eigenvalue weighted by Gasteiger charge is -2.17. The lowest BCUT2D eigenvalue weighted by molar-refractivity contribution is 0.0711. The summed E-state index contributed by atoms with van der Waals surface area (Å²) in [7, 11) is 0. The molecule has 1 aromatic heterocycles. The Labute approximate surface area is 181 Å². The standard InChI is InChI=1S/C24H28N2O5/c27-16-19-5-4-14-25-24(19)31-22-11-8-18(9-12-22)10-13-23(29)26-15-20(28)17-30-21-6-2-1-3-7-21/h1-9,11-12,14,20,23,26-29H,10,13,15-17H2/t20?,23-/m0/s1. The predicted molar refractivity (Wildman–Crippen MR) is 117 cm³/mol. The summed E-state index contributed by atoms with van der Waals surface area (Å²) >= 11 is 0. The number of aromatic nitrogens is 1. The van der Waals surface area contributed by atoms with Crippen LogP contribution in [0.2, 0.25) is 0 Å². The Bertz CT molecular complexity index is 905. The van der Waals surface area contributed by atoms with E-state index in [2.05, 4.69) is 10.3 Å². The molecule has 3 aromatic rings. The SMILES string of the molecule is OCc1cccnc1Oc1ccc(CC[C@H](O)NCC(O)COc2ccccc2)cc1. The van der Waals surface area contributed by atoms with Gasteiger partial charge in [-0.2, -0.15) is 0 Å². The summed E-state index contributed by atoms with van der Waals surface area (Å²) in [6.07, 6.45) is 1.32. The molecule has 0 aliphatic rings. The van der Waals surface area contributed by atoms with Crippen molar-refractivity contribution in [3.63, 3.8) is 0 Å². The number of benzene rings is 2. The van der Waals surface area contributed by atoms with Gasteiger partial charge in [-0.1, -0.05) is 30.3 Å². The van der Waals surface area contributed by atoms with Crippen molar-refractivity contribution >= 4 is 0 Å². The molecule has 0 spiro atoms. The highest BCUT2D eigenvalue weighted by molar-refractivity contribution is 5.33. The Balaban J connectivity index is 1.37. The van der Waals surface area contributed by atoms with Gasteiger partial charge in [-0.05, 0) is 54.8 Å². The molecule has 1 heterocycles. The summed E-state index contributed by atoms with van der Waals surface area (Å²) in [4.78, 5) is 4.14. The zero-order valence-electron chi connectivity index (χ0n) is 17.2. The molecule has 31 heavy (non-hydrogen) atoms. The van der Waals surface area contributed by atoms with E-state index < -0.39 is 12.3 Å². The Hall–Kier alpha value is -2.97. The second-order valence-corrected chi connectivity index (χ2v) is 7.11. The first-order chi connectivity index (χ1) is 15.1. The van der Waals surface area contributed by atoms with Crippen LogP contribution < -0.4 is 14.8 Å². The highest BCUT2D eigenvalue weighted by Gasteiger charge is 2.10. The molecule has 0 fully saturated rings. The molecular weight excluding hydrogens is 396 g/mol. The molecule has 4 N–H and O–H groups in total. The molecule has 2 aromatic carbocycles. The van der Waals surface area contributed by atoms with Crippen molar-refractivity contribution in [2.24, 2.45) is 0 Å². The third kappa shape index (κ3) is 7.66. The van der Waals surface area contributed by atoms with E-state index in [4.69, 9.17) is 9.47 Å². The van der Waals surface area contributed by atoms with Crippen molar-refractivity contribution in [1.82, 2.24) is 10.3 Å². The fraction of sp³-hybridized carbons (Fsp3) is 0.292. The van der Waals surface area contributed by atoms with Crippen LogP contribution in [0.4, 0.5) is 0 Å². The summed E-state index contributed by atoms with van der Waals surface area (Å²) in [5, 5.41) is 32.4. The van der Waals surface area contributed by atoms with Crippen molar-refractivity contribution in [2.45, 2.75) is 31.8 Å². The van der Waals surface area contributed by atoms with Crippen molar-refractivity contribution in [2.75, 3.05) is 13.2 Å². The fourth-order valence-corrected chi connectivity index (χ4v) is 2.92. The molecule has 0 aliphatic carbocycles. The number of para-hydroxylation sites is 1. The van der Waals surface area contributed by atoms with E-state index in [1.54, 1.807) is 18.3 Å². The molecule has 0 saturated heterocycles. The van der Waals surface area contributed by atoms with E-state index in [-0.39, 0.29) is 19.8 Å². The zero-order valence-corrected chi connectivity index (χ0v) is 17.2. The van der Waals surface area contributed by atoms with Crippen molar-refractivity contribution in [3.8, 4) is 17.4 Å². The summed E-state index contributed by atoms with van der Waals surface area (Å²) in [6, 6.07) is 20.3. The van der Waals surface area contributed by atoms with Crippen LogP contribution in [0.3, 0.4) is 0 Å². The van der Waals surface area contributed by atoms with Crippen LogP contribution in [0.25, 0.3) is 0 Å². The smallest absolute Gasteiger partial charge is 0.224 e. The number of pyridine rings is 1. The van der Waals surface area contributed by atoms with E-state index in [0.29, 0.717) is 35.8 Å². The zero-order chi connectivity index (χ0) is 21.9. The normalized spacial score (nSPS) is 12.9. The second-order valence-electron chi connectivity index (χ2n) is 7.11. The average Bonchev–Trinajstić information content (AvgIpc) is 2.82. The van der Waals surface area contributed by atoms with Gasteiger partial charge in [-0.25, -0.2) is 4.98 Å². The Morgan fingerprint density at radius 3 is 2.42 bits per heavy atom. The summed E-state index contributed by atoms with van der Waals surface area (Å²) in [5.41, 5.74) is 1.67. The maximum absolute atomic E-state index is 10.1. The van der Waals surface area contributed by atoms with Crippen LogP contribution in [0.15, 0.2) is 72.9 Å². The van der Waals surface area contributed by atoms with E-state index in [1.807, 2.05) is 54.6 Å². The monoisotopic (exact) mass is 424 g/mol. The van der Waals surface area contributed by atoms with Crippen LogP contribution >= 0.6 is 0 Å². The lowest BCUT2D eigenvalue weighted by atomic mass is 10.1. The third-order valence-corrected chi connectivity index (χ3v) is 4.64. The van der Waals surface area contributed by atoms with Gasteiger partial charge in [0.25, 0.3) is 0 Å². The first-order valence-electron chi connectivity index (χ1n) is 10.2. The summed E-state index contributed by atoms with van der Waals surface area (Å²) in [6.45, 7) is 0.247. The Morgan fingerprint density at radius 1 is 0.903 bits per heavy atom. The Kier molecular flexibility index (Phi) is 8.81. The van der Waals surface area contributed by atoms with E-state index >= 15 is 0 Å². The first-order valence-corrected chi connectivity index (χ1v) is 10.2. The van der Waals surface area contributed by atoms with Gasteiger partial charge in [-0.3, -0.25) is 5.32 Å². The largest absolute Gasteiger partial charge is 0.491 e. The number of nitrogens with zero attached hydrogens (tertiary/aromatic N) is 1. The van der Waals surface area contributed by atoms with Gasteiger partial charge in [-0.15, -0.1) is 0 Å². The van der Waals surface area contributed by atoms with Crippen LogP contribution in [0.5, 0.6) is 17.4 Å². The maximum Gasteiger partial charge on any atom is 0.224 e. The fourth-order valence-electron chi connectivity index (χ4n) is 2.92. The van der Waals surface area contributed by atoms with Gasteiger partial charge < -0.3 is 24.8 Å². The quantitative estimate of drug-likeness (QED) is 0.331. The van der Waals surface area contributed by atoms with Crippen molar-refractivity contribution in [1.29, 1.82) is 0 Å². The van der Waals surface area contributed by atoms with Gasteiger partial charge in [0.2, 0.25) is 5.88 Å². The molecule has 3 rings (SSSR count). The molecular formula is C24H28N2O5. The Morgan fingerprint density at radius 2 is 1.68 bits per heavy atom. The van der Waals surface area contributed by atoms with Crippen molar-refractivity contribution in [3.05, 3.63) is 84.1 Å². The molecule has 0 radical (unpaired) electrons. The molecule has 0 saturated carbocycles. The number of hydrogen-bond donors (Lipinski definition) is 4. The van der Waals surface area contributed by atoms with E-state index in [9.17, 15) is 15.3 Å². The molecule has 1 unspecified atom stereocenters. The van der Waals surface area contributed by atoms with Gasteiger partial charge in [0.15, 0.2) is 0 Å². The molecule has 0 bridgehead atoms. The van der Waals surface area contributed by atoms with Crippen LogP contribution in [-0.2, 0) is 13.0 Å². The van der Waals surface area contributed by atoms with Crippen molar-refractivity contribution < 1.29 is 24.8 Å². The average molecular weight is 424 g/mol. The maximum atomic E-state index is 10.1. The number of ether oxygens (including phenoxy) is 2. The predicted octanol–water partition coefficient (Wildman–Crippen LogP) is 2.65. The highest BCUT2D eigenvalue weighted by Crippen LogP contribution is 2.23. The third-order valence-electron chi connectivity index (χ3n) is 4.64. The van der Waals surface area contributed by atoms with Gasteiger partial charge in [0, 0.05) is 18.3 Å². The number of aryl methyl sites for hydroxylation is 1. The van der Waals surface area contributed by atoms with E-state index in [0.717, 1.165) is 5.56 Å². The van der Waals surface area contributed by atoms with Gasteiger partial charge in [0.1, 0.15) is 30.4 Å². The van der Waals surface area contributed by atoms with Gasteiger partial charge >= 0.3 is 0 Å².